The molecule has 5 heterocycles. The first-order valence-corrected chi connectivity index (χ1v) is 15.0. The molecule has 4 N–H and O–H groups in total. The maximum Gasteiger partial charge on any atom is 0.259 e. The van der Waals surface area contributed by atoms with Crippen molar-refractivity contribution in [1.29, 1.82) is 5.41 Å². The van der Waals surface area contributed by atoms with Gasteiger partial charge in [0.25, 0.3) is 5.91 Å². The minimum absolute atomic E-state index is 0.167. The quantitative estimate of drug-likeness (QED) is 0.299. The normalized spacial score (nSPS) is 27.6. The van der Waals surface area contributed by atoms with Crippen LogP contribution in [0.25, 0.3) is 10.8 Å². The zero-order valence-corrected chi connectivity index (χ0v) is 23.6. The lowest BCUT2D eigenvalue weighted by atomic mass is 9.58. The largest absolute Gasteiger partial charge is 0.388 e. The molecular formula is C32H36N6O4. The number of nitrogens with zero attached hydrogens (tertiary/aromatic N) is 2. The molecule has 1 unspecified atom stereocenters. The van der Waals surface area contributed by atoms with E-state index in [1.54, 1.807) is 6.07 Å². The SMILES string of the molecule is N=C/C(=C\NC1CCN(C(=O)C23CNCC(C2)C3)CC1)Cc1ccc2c3c(cccc13)C(=O)N2C1CCC(=O)NC1=O. The summed E-state index contributed by atoms with van der Waals surface area (Å²) in [5.74, 6) is -0.000530. The molecular weight excluding hydrogens is 532 g/mol. The highest BCUT2D eigenvalue weighted by molar-refractivity contribution is 6.27. The minimum Gasteiger partial charge on any atom is -0.388 e. The van der Waals surface area contributed by atoms with Gasteiger partial charge in [-0.1, -0.05) is 18.2 Å². The molecule has 5 aliphatic heterocycles. The van der Waals surface area contributed by atoms with Crippen molar-refractivity contribution in [2.24, 2.45) is 11.3 Å². The molecule has 0 radical (unpaired) electrons. The van der Waals surface area contributed by atoms with Crippen LogP contribution in [-0.4, -0.2) is 73.0 Å². The molecule has 1 aliphatic carbocycles. The van der Waals surface area contributed by atoms with Crippen molar-refractivity contribution < 1.29 is 19.2 Å². The number of carbonyl (C=O) groups excluding carboxylic acids is 4. The number of imide groups is 1. The van der Waals surface area contributed by atoms with Crippen LogP contribution in [0.4, 0.5) is 5.69 Å². The van der Waals surface area contributed by atoms with E-state index in [9.17, 15) is 19.2 Å². The highest BCUT2D eigenvalue weighted by Crippen LogP contribution is 2.49. The van der Waals surface area contributed by atoms with Crippen LogP contribution in [0.3, 0.4) is 0 Å². The van der Waals surface area contributed by atoms with E-state index in [-0.39, 0.29) is 29.7 Å². The molecule has 1 atom stereocenters. The second-order valence-corrected chi connectivity index (χ2v) is 12.6. The van der Waals surface area contributed by atoms with E-state index in [1.807, 2.05) is 30.5 Å². The average Bonchev–Trinajstić information content (AvgIpc) is 3.28. The van der Waals surface area contributed by atoms with E-state index >= 15 is 0 Å². The number of hydrogen-bond donors (Lipinski definition) is 4. The standard InChI is InChI=1S/C32H36N6O4/c33-15-19(17-35-22-8-10-37(11-9-22)31(42)32-13-20(14-32)16-34-18-32)12-21-4-5-25-28-23(21)2-1-3-24(28)30(41)38(25)26-6-7-27(39)36-29(26)40/h1-5,15,17,20,22,26,33-35H,6-14,16,18H2,(H,36,39,40)/b19-17-,33-15?. The fourth-order valence-corrected chi connectivity index (χ4v) is 7.73. The van der Waals surface area contributed by atoms with Crippen molar-refractivity contribution >= 4 is 46.3 Å². The minimum atomic E-state index is -0.718. The Morgan fingerprint density at radius 3 is 2.62 bits per heavy atom. The number of piperidine rings is 4. The predicted molar refractivity (Wildman–Crippen MR) is 158 cm³/mol. The first-order valence-electron chi connectivity index (χ1n) is 15.0. The van der Waals surface area contributed by atoms with Gasteiger partial charge < -0.3 is 20.9 Å². The maximum atomic E-state index is 13.4. The highest BCUT2D eigenvalue weighted by Gasteiger charge is 2.53. The number of hydrogen-bond acceptors (Lipinski definition) is 7. The van der Waals surface area contributed by atoms with Gasteiger partial charge in [0.05, 0.1) is 11.1 Å². The van der Waals surface area contributed by atoms with Gasteiger partial charge in [0.2, 0.25) is 17.7 Å². The van der Waals surface area contributed by atoms with Gasteiger partial charge >= 0.3 is 0 Å². The molecule has 0 aromatic heterocycles. The molecule has 0 spiro atoms. The van der Waals surface area contributed by atoms with Crippen molar-refractivity contribution in [2.45, 2.75) is 57.0 Å². The lowest BCUT2D eigenvalue weighted by molar-refractivity contribution is -0.155. The Bertz CT molecular complexity index is 1530. The fraction of sp³-hybridized carbons (Fsp3) is 0.469. The predicted octanol–water partition coefficient (Wildman–Crippen LogP) is 2.26. The lowest BCUT2D eigenvalue weighted by Crippen LogP contribution is -2.63. The number of amides is 4. The van der Waals surface area contributed by atoms with Crippen LogP contribution in [0, 0.1) is 16.7 Å². The zero-order chi connectivity index (χ0) is 29.0. The van der Waals surface area contributed by atoms with Gasteiger partial charge in [-0.25, -0.2) is 0 Å². The van der Waals surface area contributed by atoms with Crippen LogP contribution in [-0.2, 0) is 20.8 Å². The number of nitrogens with one attached hydrogen (secondary N) is 4. The molecule has 10 heteroatoms. The molecule has 10 nitrogen and oxygen atoms in total. The molecule has 2 bridgehead atoms. The number of anilines is 1. The van der Waals surface area contributed by atoms with Gasteiger partial charge in [-0.3, -0.25) is 29.4 Å². The molecule has 8 rings (SSSR count). The summed E-state index contributed by atoms with van der Waals surface area (Å²) in [5.41, 5.74) is 2.87. The van der Waals surface area contributed by atoms with Crippen LogP contribution in [0.1, 0.15) is 54.4 Å². The van der Waals surface area contributed by atoms with E-state index < -0.39 is 11.9 Å². The third-order valence-electron chi connectivity index (χ3n) is 9.91. The molecule has 2 aromatic carbocycles. The Kier molecular flexibility index (Phi) is 6.61. The van der Waals surface area contributed by atoms with Gasteiger partial charge in [-0.2, -0.15) is 0 Å². The summed E-state index contributed by atoms with van der Waals surface area (Å²) in [7, 11) is 0. The Hall–Kier alpha value is -4.05. The van der Waals surface area contributed by atoms with Crippen LogP contribution in [0.5, 0.6) is 0 Å². The Balaban J connectivity index is 1.03. The van der Waals surface area contributed by atoms with Crippen LogP contribution in [0.2, 0.25) is 0 Å². The van der Waals surface area contributed by atoms with Gasteiger partial charge in [0.15, 0.2) is 0 Å². The Labute approximate surface area is 244 Å². The molecule has 4 saturated heterocycles. The summed E-state index contributed by atoms with van der Waals surface area (Å²) in [4.78, 5) is 54.5. The molecule has 218 valence electrons. The van der Waals surface area contributed by atoms with Crippen molar-refractivity contribution in [1.82, 2.24) is 20.9 Å². The van der Waals surface area contributed by atoms with E-state index in [1.165, 1.54) is 11.1 Å². The van der Waals surface area contributed by atoms with E-state index in [2.05, 4.69) is 20.9 Å². The van der Waals surface area contributed by atoms with Gasteiger partial charge in [0, 0.05) is 61.9 Å². The van der Waals surface area contributed by atoms with E-state index in [4.69, 9.17) is 5.41 Å². The summed E-state index contributed by atoms with van der Waals surface area (Å²) in [6, 6.07) is 8.98. The molecule has 5 fully saturated rings. The second kappa shape index (κ2) is 10.3. The number of fused-ring (bicyclic) bond motifs is 2. The molecule has 6 aliphatic rings. The molecule has 2 aromatic rings. The summed E-state index contributed by atoms with van der Waals surface area (Å²) < 4.78 is 0. The number of carbonyl (C=O) groups is 4. The Morgan fingerprint density at radius 1 is 1.10 bits per heavy atom. The first kappa shape index (κ1) is 26.8. The van der Waals surface area contributed by atoms with Crippen molar-refractivity contribution in [3.8, 4) is 0 Å². The molecule has 4 amide bonds. The first-order chi connectivity index (χ1) is 20.4. The van der Waals surface area contributed by atoms with Gasteiger partial charge in [-0.05, 0) is 73.2 Å². The smallest absolute Gasteiger partial charge is 0.259 e. The van der Waals surface area contributed by atoms with Crippen molar-refractivity contribution in [3.05, 3.63) is 53.2 Å². The summed E-state index contributed by atoms with van der Waals surface area (Å²) in [6.07, 6.45) is 8.09. The molecule has 1 saturated carbocycles. The number of rotatable bonds is 7. The Morgan fingerprint density at radius 2 is 1.90 bits per heavy atom. The van der Waals surface area contributed by atoms with Crippen molar-refractivity contribution in [3.63, 3.8) is 0 Å². The highest BCUT2D eigenvalue weighted by atomic mass is 16.2. The van der Waals surface area contributed by atoms with Crippen LogP contribution in [0.15, 0.2) is 42.1 Å². The maximum absolute atomic E-state index is 13.4. The number of likely N-dealkylation sites (tertiary alicyclic amines) is 1. The fourth-order valence-electron chi connectivity index (χ4n) is 7.73. The van der Waals surface area contributed by atoms with Gasteiger partial charge in [0.1, 0.15) is 6.04 Å². The third kappa shape index (κ3) is 4.40. The van der Waals surface area contributed by atoms with Crippen molar-refractivity contribution in [2.75, 3.05) is 31.1 Å². The summed E-state index contributed by atoms with van der Waals surface area (Å²) in [6.45, 7) is 3.36. The second-order valence-electron chi connectivity index (χ2n) is 12.6. The number of allylic oxidation sites excluding steroid dienone is 1. The van der Waals surface area contributed by atoms with E-state index in [0.29, 0.717) is 35.9 Å². The zero-order valence-electron chi connectivity index (χ0n) is 23.6. The summed E-state index contributed by atoms with van der Waals surface area (Å²) >= 11 is 0. The van der Waals surface area contributed by atoms with Crippen LogP contribution < -0.4 is 20.9 Å². The third-order valence-corrected chi connectivity index (χ3v) is 9.91. The van der Waals surface area contributed by atoms with Gasteiger partial charge in [-0.15, -0.1) is 0 Å². The van der Waals surface area contributed by atoms with Crippen LogP contribution >= 0.6 is 0 Å². The number of benzene rings is 2. The molecule has 42 heavy (non-hydrogen) atoms. The average molecular weight is 569 g/mol. The topological polar surface area (TPSA) is 135 Å². The van der Waals surface area contributed by atoms with E-state index in [0.717, 1.165) is 73.8 Å². The monoisotopic (exact) mass is 568 g/mol. The summed E-state index contributed by atoms with van der Waals surface area (Å²) in [5, 5.41) is 19.1. The lowest BCUT2D eigenvalue weighted by Gasteiger charge is -2.53.